The number of para-hydroxylation sites is 1. The van der Waals surface area contributed by atoms with E-state index in [1.54, 1.807) is 24.5 Å². The molecule has 0 spiro atoms. The van der Waals surface area contributed by atoms with Gasteiger partial charge in [0.15, 0.2) is 0 Å². The maximum Gasteiger partial charge on any atom is 0.321 e. The maximum atomic E-state index is 12.3. The van der Waals surface area contributed by atoms with Gasteiger partial charge in [0.25, 0.3) is 5.91 Å². The highest BCUT2D eigenvalue weighted by molar-refractivity contribution is 5.94. The first-order valence-electron chi connectivity index (χ1n) is 9.33. The highest BCUT2D eigenvalue weighted by Gasteiger charge is 2.16. The van der Waals surface area contributed by atoms with Crippen LogP contribution in [0.2, 0.25) is 0 Å². The summed E-state index contributed by atoms with van der Waals surface area (Å²) in [5.41, 5.74) is 2.40. The largest absolute Gasteiger partial charge is 0.424 e. The fraction of sp³-hybridized carbons (Fsp3) is 0.227. The summed E-state index contributed by atoms with van der Waals surface area (Å²) in [4.78, 5) is 20.8. The minimum Gasteiger partial charge on any atom is -0.424 e. The van der Waals surface area contributed by atoms with E-state index < -0.39 is 0 Å². The molecule has 1 aliphatic rings. The number of rotatable bonds is 6. The summed E-state index contributed by atoms with van der Waals surface area (Å²) in [6.07, 6.45) is 5.61. The second-order valence-electron chi connectivity index (χ2n) is 6.59. The molecule has 142 valence electrons. The molecule has 1 saturated heterocycles. The van der Waals surface area contributed by atoms with Crippen LogP contribution in [0.25, 0.3) is 11.1 Å². The van der Waals surface area contributed by atoms with E-state index >= 15 is 0 Å². The number of amides is 1. The molecule has 1 aliphatic heterocycles. The second-order valence-corrected chi connectivity index (χ2v) is 6.59. The summed E-state index contributed by atoms with van der Waals surface area (Å²) in [5.74, 6) is 0.596. The van der Waals surface area contributed by atoms with E-state index in [0.29, 0.717) is 23.9 Å². The lowest BCUT2D eigenvalue weighted by atomic mass is 10.1. The topological polar surface area (TPSA) is 73.3 Å². The van der Waals surface area contributed by atoms with E-state index in [1.807, 2.05) is 42.5 Å². The van der Waals surface area contributed by atoms with Crippen molar-refractivity contribution in [3.05, 3.63) is 72.6 Å². The number of aromatic nitrogens is 2. The Morgan fingerprint density at radius 2 is 1.79 bits per heavy atom. The van der Waals surface area contributed by atoms with E-state index in [4.69, 9.17) is 9.47 Å². The summed E-state index contributed by atoms with van der Waals surface area (Å²) in [6, 6.07) is 17.1. The highest BCUT2D eigenvalue weighted by Crippen LogP contribution is 2.21. The molecule has 0 aliphatic carbocycles. The van der Waals surface area contributed by atoms with Crippen LogP contribution in [-0.2, 0) is 4.74 Å². The first-order chi connectivity index (χ1) is 13.8. The van der Waals surface area contributed by atoms with Crippen LogP contribution in [0.15, 0.2) is 67.0 Å². The van der Waals surface area contributed by atoms with Crippen molar-refractivity contribution in [3.63, 3.8) is 0 Å². The van der Waals surface area contributed by atoms with Crippen molar-refractivity contribution in [1.82, 2.24) is 15.3 Å². The normalized spacial score (nSPS) is 15.9. The number of carbonyl (C=O) groups excluding carboxylic acids is 1. The maximum absolute atomic E-state index is 12.3. The van der Waals surface area contributed by atoms with Gasteiger partial charge in [-0.1, -0.05) is 30.3 Å². The van der Waals surface area contributed by atoms with Gasteiger partial charge in [0.2, 0.25) is 0 Å². The number of benzene rings is 2. The Hall–Kier alpha value is -3.25. The van der Waals surface area contributed by atoms with Gasteiger partial charge in [-0.05, 0) is 42.7 Å². The molecule has 1 amide bonds. The van der Waals surface area contributed by atoms with Crippen LogP contribution >= 0.6 is 0 Å². The molecule has 2 heterocycles. The molecule has 1 N–H and O–H groups in total. The van der Waals surface area contributed by atoms with E-state index in [1.165, 1.54) is 0 Å². The third-order valence-corrected chi connectivity index (χ3v) is 4.58. The van der Waals surface area contributed by atoms with Crippen molar-refractivity contribution >= 4 is 5.91 Å². The molecule has 1 aromatic heterocycles. The van der Waals surface area contributed by atoms with E-state index in [-0.39, 0.29) is 12.0 Å². The van der Waals surface area contributed by atoms with Gasteiger partial charge in [0, 0.05) is 36.7 Å². The summed E-state index contributed by atoms with van der Waals surface area (Å²) in [7, 11) is 0. The van der Waals surface area contributed by atoms with Crippen molar-refractivity contribution in [1.29, 1.82) is 0 Å². The van der Waals surface area contributed by atoms with Gasteiger partial charge in [-0.2, -0.15) is 0 Å². The number of hydrogen-bond acceptors (Lipinski definition) is 5. The molecule has 28 heavy (non-hydrogen) atoms. The van der Waals surface area contributed by atoms with Gasteiger partial charge in [-0.3, -0.25) is 4.79 Å². The van der Waals surface area contributed by atoms with Crippen LogP contribution in [0, 0.1) is 0 Å². The van der Waals surface area contributed by atoms with Crippen molar-refractivity contribution in [2.24, 2.45) is 0 Å². The zero-order chi connectivity index (χ0) is 19.2. The fourth-order valence-electron chi connectivity index (χ4n) is 3.04. The van der Waals surface area contributed by atoms with Gasteiger partial charge in [-0.25, -0.2) is 9.97 Å². The van der Waals surface area contributed by atoms with Crippen LogP contribution in [0.4, 0.5) is 0 Å². The van der Waals surface area contributed by atoms with Crippen LogP contribution in [0.5, 0.6) is 11.8 Å². The number of nitrogens with one attached hydrogen (secondary N) is 1. The zero-order valence-corrected chi connectivity index (χ0v) is 15.4. The summed E-state index contributed by atoms with van der Waals surface area (Å²) in [5, 5.41) is 2.93. The van der Waals surface area contributed by atoms with Crippen LogP contribution in [-0.4, -0.2) is 35.1 Å². The third-order valence-electron chi connectivity index (χ3n) is 4.58. The molecule has 0 unspecified atom stereocenters. The fourth-order valence-corrected chi connectivity index (χ4v) is 3.04. The van der Waals surface area contributed by atoms with Crippen molar-refractivity contribution in [2.45, 2.75) is 18.9 Å². The van der Waals surface area contributed by atoms with Gasteiger partial charge in [0.1, 0.15) is 5.75 Å². The lowest BCUT2D eigenvalue weighted by Gasteiger charge is -2.11. The number of hydrogen-bond donors (Lipinski definition) is 1. The van der Waals surface area contributed by atoms with Crippen molar-refractivity contribution in [2.75, 3.05) is 13.2 Å². The minimum atomic E-state index is -0.0927. The van der Waals surface area contributed by atoms with Crippen LogP contribution in [0.3, 0.4) is 0 Å². The predicted molar refractivity (Wildman–Crippen MR) is 105 cm³/mol. The molecule has 3 aromatic rings. The van der Waals surface area contributed by atoms with Crippen LogP contribution < -0.4 is 10.1 Å². The number of carbonyl (C=O) groups is 1. The molecular formula is C22H21N3O3. The Bertz CT molecular complexity index is 906. The van der Waals surface area contributed by atoms with Gasteiger partial charge < -0.3 is 14.8 Å². The standard InChI is InChI=1S/C22H21N3O3/c26-21(23-15-20-7-4-12-27-20)17-10-8-16(9-11-17)18-13-24-22(25-14-18)28-19-5-2-1-3-6-19/h1-3,5-6,8-11,13-14,20H,4,7,12,15H2,(H,23,26)/t20-/m0/s1. The number of nitrogens with zero attached hydrogens (tertiary/aromatic N) is 2. The minimum absolute atomic E-state index is 0.0927. The third kappa shape index (κ3) is 4.53. The summed E-state index contributed by atoms with van der Waals surface area (Å²) < 4.78 is 11.1. The zero-order valence-electron chi connectivity index (χ0n) is 15.4. The summed E-state index contributed by atoms with van der Waals surface area (Å²) >= 11 is 0. The second kappa shape index (κ2) is 8.63. The molecule has 0 radical (unpaired) electrons. The molecule has 6 nitrogen and oxygen atoms in total. The van der Waals surface area contributed by atoms with Crippen molar-refractivity contribution < 1.29 is 14.3 Å². The molecular weight excluding hydrogens is 354 g/mol. The molecule has 2 aromatic carbocycles. The Morgan fingerprint density at radius 3 is 2.46 bits per heavy atom. The quantitative estimate of drug-likeness (QED) is 0.708. The average Bonchev–Trinajstić information content (AvgIpc) is 3.27. The van der Waals surface area contributed by atoms with Gasteiger partial charge in [-0.15, -0.1) is 0 Å². The molecule has 4 rings (SSSR count). The Balaban J connectivity index is 1.37. The molecule has 1 atom stereocenters. The molecule has 1 fully saturated rings. The van der Waals surface area contributed by atoms with Crippen molar-refractivity contribution in [3.8, 4) is 22.9 Å². The summed E-state index contributed by atoms with van der Waals surface area (Å²) in [6.45, 7) is 1.34. The SMILES string of the molecule is O=C(NC[C@@H]1CCCO1)c1ccc(-c2cnc(Oc3ccccc3)nc2)cc1. The Labute approximate surface area is 163 Å². The lowest BCUT2D eigenvalue weighted by Crippen LogP contribution is -2.31. The lowest BCUT2D eigenvalue weighted by molar-refractivity contribution is 0.0858. The van der Waals surface area contributed by atoms with Gasteiger partial charge in [0.05, 0.1) is 6.10 Å². The van der Waals surface area contributed by atoms with Gasteiger partial charge >= 0.3 is 6.01 Å². The van der Waals surface area contributed by atoms with E-state index in [0.717, 1.165) is 30.6 Å². The average molecular weight is 375 g/mol. The molecule has 0 saturated carbocycles. The Kier molecular flexibility index (Phi) is 5.58. The van der Waals surface area contributed by atoms with E-state index in [9.17, 15) is 4.79 Å². The first-order valence-corrected chi connectivity index (χ1v) is 9.33. The van der Waals surface area contributed by atoms with Crippen LogP contribution in [0.1, 0.15) is 23.2 Å². The smallest absolute Gasteiger partial charge is 0.321 e. The van der Waals surface area contributed by atoms with E-state index in [2.05, 4.69) is 15.3 Å². The Morgan fingerprint density at radius 1 is 1.04 bits per heavy atom. The predicted octanol–water partition coefficient (Wildman–Crippen LogP) is 3.84. The molecule has 0 bridgehead atoms. The highest BCUT2D eigenvalue weighted by atomic mass is 16.5. The first kappa shape index (κ1) is 18.1. The number of ether oxygens (including phenoxy) is 2. The molecule has 6 heteroatoms. The monoisotopic (exact) mass is 375 g/mol.